The Morgan fingerprint density at radius 2 is 1.73 bits per heavy atom. The first-order chi connectivity index (χ1) is 15.4. The van der Waals surface area contributed by atoms with Crippen molar-refractivity contribution in [2.24, 2.45) is 0 Å². The lowest BCUT2D eigenvalue weighted by Crippen LogP contribution is -2.42. The van der Waals surface area contributed by atoms with Gasteiger partial charge in [-0.3, -0.25) is 9.59 Å². The van der Waals surface area contributed by atoms with Gasteiger partial charge in [0, 0.05) is 18.7 Å². The normalized spacial score (nSPS) is 11.8. The third-order valence-electron chi connectivity index (χ3n) is 5.04. The predicted molar refractivity (Wildman–Crippen MR) is 127 cm³/mol. The maximum atomic E-state index is 13.8. The van der Waals surface area contributed by atoms with E-state index in [1.54, 1.807) is 33.8 Å². The van der Waals surface area contributed by atoms with Gasteiger partial charge in [0.25, 0.3) is 11.6 Å². The van der Waals surface area contributed by atoms with Crippen LogP contribution in [0.25, 0.3) is 22.4 Å². The van der Waals surface area contributed by atoms with Crippen molar-refractivity contribution in [3.05, 3.63) is 47.2 Å². The van der Waals surface area contributed by atoms with Crippen molar-refractivity contribution < 1.29 is 18.8 Å². The summed E-state index contributed by atoms with van der Waals surface area (Å²) >= 11 is 0. The summed E-state index contributed by atoms with van der Waals surface area (Å²) in [4.78, 5) is 34.4. The van der Waals surface area contributed by atoms with Crippen LogP contribution in [0.15, 0.2) is 34.9 Å². The molecule has 3 rings (SSSR count). The van der Waals surface area contributed by atoms with Gasteiger partial charge in [-0.15, -0.1) is 0 Å². The molecule has 0 fully saturated rings. The van der Waals surface area contributed by atoms with Crippen LogP contribution in [0.5, 0.6) is 0 Å². The van der Waals surface area contributed by atoms with Gasteiger partial charge < -0.3 is 19.1 Å². The van der Waals surface area contributed by atoms with Crippen LogP contribution in [0, 0.1) is 13.8 Å². The number of carbonyl (C=O) groups excluding carboxylic acids is 2. The molecule has 1 amide bonds. The van der Waals surface area contributed by atoms with Crippen LogP contribution in [0.4, 0.5) is 0 Å². The fourth-order valence-corrected chi connectivity index (χ4v) is 3.41. The SMILES string of the molecule is Cc1ccc(-c2cc(C(=O)N(CCN(C)C)CC(=O)OC(C)(C)C)c3c(C)noc3n2)cc1. The fraction of sp³-hybridized carbons (Fsp3) is 0.440. The van der Waals surface area contributed by atoms with Crippen molar-refractivity contribution in [1.29, 1.82) is 0 Å². The number of hydrogen-bond acceptors (Lipinski definition) is 7. The van der Waals surface area contributed by atoms with Crippen LogP contribution in [0.2, 0.25) is 0 Å². The molecule has 0 saturated carbocycles. The number of hydrogen-bond donors (Lipinski definition) is 0. The Hall–Kier alpha value is -3.26. The van der Waals surface area contributed by atoms with E-state index in [-0.39, 0.29) is 12.5 Å². The Kier molecular flexibility index (Phi) is 7.17. The van der Waals surface area contributed by atoms with Crippen molar-refractivity contribution in [2.45, 2.75) is 40.2 Å². The molecule has 8 heteroatoms. The average molecular weight is 453 g/mol. The van der Waals surface area contributed by atoms with Crippen LogP contribution in [-0.4, -0.2) is 71.1 Å². The first-order valence-electron chi connectivity index (χ1n) is 10.9. The summed E-state index contributed by atoms with van der Waals surface area (Å²) in [5.41, 5.74) is 3.21. The van der Waals surface area contributed by atoms with Gasteiger partial charge in [-0.25, -0.2) is 4.98 Å². The minimum absolute atomic E-state index is 0.155. The summed E-state index contributed by atoms with van der Waals surface area (Å²) in [6.07, 6.45) is 0. The Balaban J connectivity index is 2.04. The highest BCUT2D eigenvalue weighted by Gasteiger charge is 2.27. The number of aromatic nitrogens is 2. The molecular formula is C25H32N4O4. The van der Waals surface area contributed by atoms with Gasteiger partial charge in [0.1, 0.15) is 12.1 Å². The molecule has 33 heavy (non-hydrogen) atoms. The number of rotatable bonds is 7. The zero-order chi connectivity index (χ0) is 24.3. The summed E-state index contributed by atoms with van der Waals surface area (Å²) in [5, 5.41) is 4.57. The lowest BCUT2D eigenvalue weighted by Gasteiger charge is -2.26. The minimum atomic E-state index is -0.638. The first kappa shape index (κ1) is 24.4. The van der Waals surface area contributed by atoms with Crippen LogP contribution in [0.1, 0.15) is 42.4 Å². The lowest BCUT2D eigenvalue weighted by molar-refractivity contribution is -0.155. The van der Waals surface area contributed by atoms with Crippen molar-refractivity contribution >= 4 is 23.0 Å². The molecule has 3 aromatic rings. The molecule has 0 unspecified atom stereocenters. The van der Waals surface area contributed by atoms with Gasteiger partial charge in [-0.2, -0.15) is 0 Å². The average Bonchev–Trinajstić information content (AvgIpc) is 3.10. The Labute approximate surface area is 194 Å². The zero-order valence-electron chi connectivity index (χ0n) is 20.4. The highest BCUT2D eigenvalue weighted by molar-refractivity contribution is 6.07. The second kappa shape index (κ2) is 9.70. The third kappa shape index (κ3) is 6.16. The van der Waals surface area contributed by atoms with E-state index in [0.717, 1.165) is 11.1 Å². The number of pyridine rings is 1. The molecule has 8 nitrogen and oxygen atoms in total. The van der Waals surface area contributed by atoms with Crippen molar-refractivity contribution in [3.63, 3.8) is 0 Å². The molecule has 2 heterocycles. The molecular weight excluding hydrogens is 420 g/mol. The Bertz CT molecular complexity index is 1140. The molecule has 0 saturated heterocycles. The number of benzene rings is 1. The summed E-state index contributed by atoms with van der Waals surface area (Å²) in [6.45, 7) is 9.99. The summed E-state index contributed by atoms with van der Waals surface area (Å²) in [7, 11) is 3.83. The van der Waals surface area contributed by atoms with E-state index in [0.29, 0.717) is 41.1 Å². The van der Waals surface area contributed by atoms with E-state index in [4.69, 9.17) is 9.26 Å². The fourth-order valence-electron chi connectivity index (χ4n) is 3.41. The highest BCUT2D eigenvalue weighted by atomic mass is 16.6. The number of likely N-dealkylation sites (N-methyl/N-ethyl adjacent to an activating group) is 1. The van der Waals surface area contributed by atoms with Crippen LogP contribution >= 0.6 is 0 Å². The van der Waals surface area contributed by atoms with Crippen LogP contribution in [0.3, 0.4) is 0 Å². The quantitative estimate of drug-likeness (QED) is 0.503. The monoisotopic (exact) mass is 452 g/mol. The lowest BCUT2D eigenvalue weighted by atomic mass is 10.0. The topological polar surface area (TPSA) is 88.8 Å². The molecule has 0 N–H and O–H groups in total. The Morgan fingerprint density at radius 3 is 2.33 bits per heavy atom. The number of nitrogens with zero attached hydrogens (tertiary/aromatic N) is 4. The largest absolute Gasteiger partial charge is 0.459 e. The number of fused-ring (bicyclic) bond motifs is 1. The van der Waals surface area contributed by atoms with E-state index >= 15 is 0 Å². The summed E-state index contributed by atoms with van der Waals surface area (Å²) in [6, 6.07) is 9.62. The van der Waals surface area contributed by atoms with E-state index < -0.39 is 11.6 Å². The maximum absolute atomic E-state index is 13.8. The number of amides is 1. The van der Waals surface area contributed by atoms with E-state index in [1.165, 1.54) is 4.90 Å². The molecule has 176 valence electrons. The minimum Gasteiger partial charge on any atom is -0.459 e. The Morgan fingerprint density at radius 1 is 1.06 bits per heavy atom. The van der Waals surface area contributed by atoms with Gasteiger partial charge in [-0.05, 0) is 54.8 Å². The zero-order valence-corrected chi connectivity index (χ0v) is 20.4. The second-order valence-corrected chi connectivity index (χ2v) is 9.49. The first-order valence-corrected chi connectivity index (χ1v) is 10.9. The number of carbonyl (C=O) groups is 2. The maximum Gasteiger partial charge on any atom is 0.326 e. The molecule has 2 aromatic heterocycles. The van der Waals surface area contributed by atoms with Gasteiger partial charge in [0.2, 0.25) is 0 Å². The third-order valence-corrected chi connectivity index (χ3v) is 5.04. The number of ether oxygens (including phenoxy) is 1. The molecule has 1 aromatic carbocycles. The van der Waals surface area contributed by atoms with E-state index in [9.17, 15) is 9.59 Å². The molecule has 0 aliphatic heterocycles. The van der Waals surface area contributed by atoms with Crippen LogP contribution in [-0.2, 0) is 9.53 Å². The van der Waals surface area contributed by atoms with E-state index in [2.05, 4.69) is 10.1 Å². The van der Waals surface area contributed by atoms with Gasteiger partial charge in [-0.1, -0.05) is 35.0 Å². The van der Waals surface area contributed by atoms with Crippen molar-refractivity contribution in [1.82, 2.24) is 19.9 Å². The number of esters is 1. The van der Waals surface area contributed by atoms with Crippen molar-refractivity contribution in [3.8, 4) is 11.3 Å². The molecule has 0 spiro atoms. The molecule has 0 aliphatic rings. The summed E-state index contributed by atoms with van der Waals surface area (Å²) in [5.74, 6) is -0.754. The van der Waals surface area contributed by atoms with E-state index in [1.807, 2.05) is 50.2 Å². The van der Waals surface area contributed by atoms with Gasteiger partial charge in [0.05, 0.1) is 22.3 Å². The molecule has 0 bridgehead atoms. The molecule has 0 radical (unpaired) electrons. The highest BCUT2D eigenvalue weighted by Crippen LogP contribution is 2.28. The van der Waals surface area contributed by atoms with Crippen LogP contribution < -0.4 is 0 Å². The summed E-state index contributed by atoms with van der Waals surface area (Å²) < 4.78 is 10.9. The molecule has 0 atom stereocenters. The van der Waals surface area contributed by atoms with Gasteiger partial charge >= 0.3 is 5.97 Å². The number of aryl methyl sites for hydroxylation is 2. The standard InChI is InChI=1S/C25H32N4O4/c1-16-8-10-18(11-9-16)20-14-19(22-17(2)27-33-23(22)26-20)24(31)29(13-12-28(6)7)15-21(30)32-25(3,4)5/h8-11,14H,12-13,15H2,1-7H3. The predicted octanol–water partition coefficient (Wildman–Crippen LogP) is 3.85. The second-order valence-electron chi connectivity index (χ2n) is 9.49. The molecule has 0 aliphatic carbocycles. The smallest absolute Gasteiger partial charge is 0.326 e. The van der Waals surface area contributed by atoms with Gasteiger partial charge in [0.15, 0.2) is 0 Å². The van der Waals surface area contributed by atoms with Crippen molar-refractivity contribution in [2.75, 3.05) is 33.7 Å².